The van der Waals surface area contributed by atoms with Gasteiger partial charge in [-0.25, -0.2) is 0 Å². The molecular weight excluding hydrogens is 232 g/mol. The summed E-state index contributed by atoms with van der Waals surface area (Å²) in [5.41, 5.74) is 8.31. The zero-order chi connectivity index (χ0) is 12.7. The fourth-order valence-corrected chi connectivity index (χ4v) is 2.82. The van der Waals surface area contributed by atoms with Crippen molar-refractivity contribution in [2.75, 3.05) is 34.0 Å². The van der Waals surface area contributed by atoms with Crippen LogP contribution in [0.2, 0.25) is 0 Å². The Morgan fingerprint density at radius 2 is 2.33 bits per heavy atom. The van der Waals surface area contributed by atoms with Gasteiger partial charge in [0, 0.05) is 18.7 Å². The highest BCUT2D eigenvalue weighted by atomic mass is 16.7. The van der Waals surface area contributed by atoms with Crippen LogP contribution in [0.25, 0.3) is 0 Å². The summed E-state index contributed by atoms with van der Waals surface area (Å²) in [6.45, 7) is 1.83. The first-order chi connectivity index (χ1) is 8.76. The standard InChI is InChI=1S/C13H18N2O3/c1-15-4-3-8-5-10-12(18-7-17-10)13(16-2)11(8)9(15)6-14/h5,9H,3-4,6-7,14H2,1-2H3/t9-/m0/s1. The average molecular weight is 250 g/mol. The first-order valence-electron chi connectivity index (χ1n) is 6.16. The first kappa shape index (κ1) is 11.6. The van der Waals surface area contributed by atoms with Crippen molar-refractivity contribution in [1.82, 2.24) is 4.90 Å². The minimum atomic E-state index is 0.179. The van der Waals surface area contributed by atoms with Crippen LogP contribution in [0.15, 0.2) is 6.07 Å². The molecule has 1 atom stereocenters. The SMILES string of the molecule is COc1c2c(cc3c1[C@H](CN)N(C)CC3)OCO2. The molecule has 18 heavy (non-hydrogen) atoms. The van der Waals surface area contributed by atoms with E-state index in [2.05, 4.69) is 18.0 Å². The molecule has 0 saturated carbocycles. The van der Waals surface area contributed by atoms with Gasteiger partial charge in [0.25, 0.3) is 0 Å². The van der Waals surface area contributed by atoms with Crippen molar-refractivity contribution in [1.29, 1.82) is 0 Å². The van der Waals surface area contributed by atoms with E-state index in [-0.39, 0.29) is 12.8 Å². The molecule has 1 aromatic rings. The Labute approximate surface area is 106 Å². The zero-order valence-electron chi connectivity index (χ0n) is 10.7. The molecule has 0 unspecified atom stereocenters. The summed E-state index contributed by atoms with van der Waals surface area (Å²) in [6.07, 6.45) is 0.981. The third-order valence-electron chi connectivity index (χ3n) is 3.77. The number of nitrogens with two attached hydrogens (primary N) is 1. The van der Waals surface area contributed by atoms with E-state index in [9.17, 15) is 0 Å². The molecule has 98 valence electrons. The van der Waals surface area contributed by atoms with Crippen LogP contribution >= 0.6 is 0 Å². The number of hydrogen-bond acceptors (Lipinski definition) is 5. The van der Waals surface area contributed by atoms with Gasteiger partial charge >= 0.3 is 0 Å². The van der Waals surface area contributed by atoms with Crippen molar-refractivity contribution in [3.8, 4) is 17.2 Å². The van der Waals surface area contributed by atoms with Gasteiger partial charge in [0.05, 0.1) is 13.2 Å². The first-order valence-corrected chi connectivity index (χ1v) is 6.16. The number of fused-ring (bicyclic) bond motifs is 2. The van der Waals surface area contributed by atoms with Gasteiger partial charge in [0.1, 0.15) is 0 Å². The van der Waals surface area contributed by atoms with E-state index in [0.717, 1.165) is 30.0 Å². The molecule has 5 nitrogen and oxygen atoms in total. The van der Waals surface area contributed by atoms with Gasteiger partial charge in [-0.15, -0.1) is 0 Å². The largest absolute Gasteiger partial charge is 0.492 e. The third-order valence-corrected chi connectivity index (χ3v) is 3.77. The molecule has 0 bridgehead atoms. The van der Waals surface area contributed by atoms with Gasteiger partial charge in [-0.3, -0.25) is 4.90 Å². The number of ether oxygens (including phenoxy) is 3. The van der Waals surface area contributed by atoms with Crippen LogP contribution in [-0.4, -0.2) is 38.9 Å². The second-order valence-corrected chi connectivity index (χ2v) is 4.70. The predicted molar refractivity (Wildman–Crippen MR) is 67.2 cm³/mol. The molecule has 5 heteroatoms. The van der Waals surface area contributed by atoms with Crippen LogP contribution in [0.5, 0.6) is 17.2 Å². The van der Waals surface area contributed by atoms with Gasteiger partial charge in [-0.05, 0) is 25.1 Å². The summed E-state index contributed by atoms with van der Waals surface area (Å²) in [5, 5.41) is 0. The average Bonchev–Trinajstić information content (AvgIpc) is 2.84. The van der Waals surface area contributed by atoms with Crippen LogP contribution in [0.4, 0.5) is 0 Å². The highest BCUT2D eigenvalue weighted by Gasteiger charge is 2.32. The normalized spacial score (nSPS) is 21.8. The Morgan fingerprint density at radius 1 is 1.50 bits per heavy atom. The maximum Gasteiger partial charge on any atom is 0.231 e. The van der Waals surface area contributed by atoms with Crippen molar-refractivity contribution in [3.05, 3.63) is 17.2 Å². The molecule has 2 aliphatic rings. The van der Waals surface area contributed by atoms with E-state index in [0.29, 0.717) is 12.3 Å². The summed E-state index contributed by atoms with van der Waals surface area (Å²) in [6, 6.07) is 2.24. The minimum Gasteiger partial charge on any atom is -0.492 e. The lowest BCUT2D eigenvalue weighted by molar-refractivity contribution is 0.170. The molecule has 2 N–H and O–H groups in total. The van der Waals surface area contributed by atoms with Crippen molar-refractivity contribution < 1.29 is 14.2 Å². The summed E-state index contributed by atoms with van der Waals surface area (Å²) in [5.74, 6) is 2.28. The zero-order valence-corrected chi connectivity index (χ0v) is 10.7. The second kappa shape index (κ2) is 4.33. The lowest BCUT2D eigenvalue weighted by Gasteiger charge is -2.35. The Hall–Kier alpha value is -1.46. The predicted octanol–water partition coefficient (Wildman–Crippen LogP) is 0.912. The van der Waals surface area contributed by atoms with E-state index in [1.54, 1.807) is 7.11 Å². The number of nitrogens with zero attached hydrogens (tertiary/aromatic N) is 1. The van der Waals surface area contributed by atoms with Gasteiger partial charge in [0.15, 0.2) is 11.5 Å². The molecule has 0 fully saturated rings. The molecule has 2 heterocycles. The molecule has 2 aliphatic heterocycles. The lowest BCUT2D eigenvalue weighted by atomic mass is 9.91. The van der Waals surface area contributed by atoms with E-state index >= 15 is 0 Å². The maximum atomic E-state index is 5.91. The number of hydrogen-bond donors (Lipinski definition) is 1. The van der Waals surface area contributed by atoms with Crippen LogP contribution < -0.4 is 19.9 Å². The Morgan fingerprint density at radius 3 is 3.06 bits per heavy atom. The number of benzene rings is 1. The summed E-state index contributed by atoms with van der Waals surface area (Å²) in [7, 11) is 3.75. The third kappa shape index (κ3) is 1.54. The number of rotatable bonds is 2. The molecule has 3 rings (SSSR count). The van der Waals surface area contributed by atoms with Crippen LogP contribution in [-0.2, 0) is 6.42 Å². The smallest absolute Gasteiger partial charge is 0.231 e. The van der Waals surface area contributed by atoms with Crippen LogP contribution in [0.3, 0.4) is 0 Å². The van der Waals surface area contributed by atoms with E-state index in [4.69, 9.17) is 19.9 Å². The minimum absolute atomic E-state index is 0.179. The van der Waals surface area contributed by atoms with Gasteiger partial charge in [0.2, 0.25) is 12.5 Å². The summed E-state index contributed by atoms with van der Waals surface area (Å²) in [4.78, 5) is 2.26. The summed E-state index contributed by atoms with van der Waals surface area (Å²) >= 11 is 0. The van der Waals surface area contributed by atoms with Crippen molar-refractivity contribution in [2.24, 2.45) is 5.73 Å². The molecular formula is C13H18N2O3. The van der Waals surface area contributed by atoms with Crippen LogP contribution in [0, 0.1) is 0 Å². The van der Waals surface area contributed by atoms with Crippen molar-refractivity contribution in [3.63, 3.8) is 0 Å². The highest BCUT2D eigenvalue weighted by Crippen LogP contribution is 2.48. The monoisotopic (exact) mass is 250 g/mol. The van der Waals surface area contributed by atoms with E-state index < -0.39 is 0 Å². The molecule has 0 radical (unpaired) electrons. The highest BCUT2D eigenvalue weighted by molar-refractivity contribution is 5.61. The topological polar surface area (TPSA) is 57.0 Å². The van der Waals surface area contributed by atoms with Gasteiger partial charge < -0.3 is 19.9 Å². The van der Waals surface area contributed by atoms with Crippen molar-refractivity contribution in [2.45, 2.75) is 12.5 Å². The Bertz CT molecular complexity index is 476. The number of methoxy groups -OCH3 is 1. The number of likely N-dealkylation sites (N-methyl/N-ethyl adjacent to an activating group) is 1. The van der Waals surface area contributed by atoms with Crippen molar-refractivity contribution >= 4 is 0 Å². The Balaban J connectivity index is 2.19. The fraction of sp³-hybridized carbons (Fsp3) is 0.538. The molecule has 0 aromatic heterocycles. The van der Waals surface area contributed by atoms with E-state index in [1.807, 2.05) is 0 Å². The molecule has 0 spiro atoms. The molecule has 0 aliphatic carbocycles. The quantitative estimate of drug-likeness (QED) is 0.845. The molecule has 1 aromatic carbocycles. The van der Waals surface area contributed by atoms with E-state index in [1.165, 1.54) is 5.56 Å². The Kier molecular flexibility index (Phi) is 2.80. The molecule has 0 saturated heterocycles. The van der Waals surface area contributed by atoms with Gasteiger partial charge in [-0.2, -0.15) is 0 Å². The summed E-state index contributed by atoms with van der Waals surface area (Å²) < 4.78 is 16.5. The van der Waals surface area contributed by atoms with Crippen LogP contribution in [0.1, 0.15) is 17.2 Å². The van der Waals surface area contributed by atoms with Gasteiger partial charge in [-0.1, -0.05) is 0 Å². The lowest BCUT2D eigenvalue weighted by Crippen LogP contribution is -2.36. The fourth-order valence-electron chi connectivity index (χ4n) is 2.82. The molecule has 0 amide bonds. The maximum absolute atomic E-state index is 5.91. The second-order valence-electron chi connectivity index (χ2n) is 4.70.